The van der Waals surface area contributed by atoms with E-state index in [1.165, 1.54) is 0 Å². The van der Waals surface area contributed by atoms with Gasteiger partial charge in [0.05, 0.1) is 10.4 Å². The summed E-state index contributed by atoms with van der Waals surface area (Å²) < 4.78 is 1.80. The van der Waals surface area contributed by atoms with Crippen molar-refractivity contribution in [2.24, 2.45) is 18.2 Å². The Kier molecular flexibility index (Phi) is 3.15. The van der Waals surface area contributed by atoms with Crippen LogP contribution in [0.25, 0.3) is 0 Å². The topological polar surface area (TPSA) is 72.9 Å². The van der Waals surface area contributed by atoms with Crippen molar-refractivity contribution >= 4 is 23.1 Å². The van der Waals surface area contributed by atoms with Crippen molar-refractivity contribution in [1.29, 1.82) is 0 Å². The molecule has 0 atom stereocenters. The van der Waals surface area contributed by atoms with Gasteiger partial charge in [0, 0.05) is 31.9 Å². The minimum Gasteiger partial charge on any atom is -0.392 e. The number of nitrogens with one attached hydrogen (secondary N) is 1. The summed E-state index contributed by atoms with van der Waals surface area (Å²) in [6, 6.07) is 1.94. The minimum atomic E-state index is -0.554. The van der Waals surface area contributed by atoms with E-state index in [-0.39, 0.29) is 5.91 Å². The minimum absolute atomic E-state index is 0.0350. The van der Waals surface area contributed by atoms with Crippen molar-refractivity contribution in [3.63, 3.8) is 0 Å². The van der Waals surface area contributed by atoms with E-state index in [1.54, 1.807) is 10.9 Å². The second kappa shape index (κ2) is 4.44. The Bertz CT molecular complexity index is 450. The lowest BCUT2D eigenvalue weighted by Crippen LogP contribution is -2.40. The Morgan fingerprint density at radius 1 is 1.71 bits per heavy atom. The molecular formula is C11H16N4OS. The fourth-order valence-electron chi connectivity index (χ4n) is 1.83. The van der Waals surface area contributed by atoms with Gasteiger partial charge < -0.3 is 11.1 Å². The van der Waals surface area contributed by atoms with Crippen LogP contribution < -0.4 is 11.1 Å². The van der Waals surface area contributed by atoms with Crippen LogP contribution >= 0.6 is 12.2 Å². The van der Waals surface area contributed by atoms with Crippen LogP contribution in [0.4, 0.5) is 0 Å². The number of aryl methyl sites for hydroxylation is 1. The number of thiocarbonyl (C=S) groups is 1. The van der Waals surface area contributed by atoms with Gasteiger partial charge in [-0.2, -0.15) is 5.10 Å². The highest BCUT2D eigenvalue weighted by Gasteiger charge is 2.52. The Balaban J connectivity index is 1.82. The molecule has 3 N–H and O–H groups in total. The number of aromatic nitrogens is 2. The van der Waals surface area contributed by atoms with Gasteiger partial charge in [-0.3, -0.25) is 9.48 Å². The molecule has 0 saturated heterocycles. The molecule has 1 saturated carbocycles. The summed E-state index contributed by atoms with van der Waals surface area (Å²) in [5.74, 6) is -0.0350. The molecule has 0 bridgehead atoms. The number of carbonyl (C=O) groups excluding carboxylic acids is 1. The lowest BCUT2D eigenvalue weighted by atomic mass is 10.1. The van der Waals surface area contributed by atoms with Crippen LogP contribution in [-0.4, -0.2) is 27.2 Å². The van der Waals surface area contributed by atoms with Crippen LogP contribution in [0, 0.1) is 5.41 Å². The van der Waals surface area contributed by atoms with Crippen LogP contribution in [0.3, 0.4) is 0 Å². The van der Waals surface area contributed by atoms with E-state index in [0.717, 1.165) is 25.0 Å². The molecule has 1 aliphatic rings. The first-order valence-electron chi connectivity index (χ1n) is 5.61. The van der Waals surface area contributed by atoms with Crippen LogP contribution in [0.2, 0.25) is 0 Å². The smallest absolute Gasteiger partial charge is 0.233 e. The third-order valence-corrected chi connectivity index (χ3v) is 3.64. The molecule has 0 aromatic carbocycles. The van der Waals surface area contributed by atoms with Gasteiger partial charge in [0.1, 0.15) is 0 Å². The molecule has 1 aliphatic carbocycles. The highest BCUT2D eigenvalue weighted by Crippen LogP contribution is 2.46. The summed E-state index contributed by atoms with van der Waals surface area (Å²) in [6.45, 7) is 0.586. The molecule has 0 unspecified atom stereocenters. The van der Waals surface area contributed by atoms with E-state index in [2.05, 4.69) is 10.4 Å². The summed E-state index contributed by atoms with van der Waals surface area (Å²) in [5, 5.41) is 6.95. The van der Waals surface area contributed by atoms with Crippen LogP contribution in [0.5, 0.6) is 0 Å². The number of amides is 1. The summed E-state index contributed by atoms with van der Waals surface area (Å²) in [7, 11) is 1.88. The van der Waals surface area contributed by atoms with E-state index in [9.17, 15) is 4.79 Å². The average Bonchev–Trinajstić information content (AvgIpc) is 3.00. The third-order valence-electron chi connectivity index (χ3n) is 3.25. The largest absolute Gasteiger partial charge is 0.392 e. The van der Waals surface area contributed by atoms with Crippen molar-refractivity contribution < 1.29 is 4.79 Å². The number of rotatable bonds is 5. The number of carbonyl (C=O) groups is 1. The number of nitrogens with two attached hydrogens (primary N) is 1. The van der Waals surface area contributed by atoms with Gasteiger partial charge >= 0.3 is 0 Å². The van der Waals surface area contributed by atoms with Crippen LogP contribution in [0.1, 0.15) is 18.5 Å². The summed E-state index contributed by atoms with van der Waals surface area (Å²) in [5.41, 5.74) is 6.12. The number of nitrogens with zero attached hydrogens (tertiary/aromatic N) is 2. The summed E-state index contributed by atoms with van der Waals surface area (Å²) >= 11 is 4.92. The molecule has 1 aromatic heterocycles. The zero-order valence-electron chi connectivity index (χ0n) is 9.77. The number of hydrogen-bond donors (Lipinski definition) is 2. The predicted octanol–water partition coefficient (Wildman–Crippen LogP) is 0.145. The van der Waals surface area contributed by atoms with Crippen molar-refractivity contribution in [3.05, 3.63) is 18.0 Å². The molecular weight excluding hydrogens is 236 g/mol. The first-order chi connectivity index (χ1) is 8.06. The van der Waals surface area contributed by atoms with E-state index in [4.69, 9.17) is 18.0 Å². The van der Waals surface area contributed by atoms with Crippen LogP contribution in [0.15, 0.2) is 12.3 Å². The summed E-state index contributed by atoms with van der Waals surface area (Å²) in [6.07, 6.45) is 4.06. The van der Waals surface area contributed by atoms with Gasteiger partial charge in [0.25, 0.3) is 0 Å². The normalized spacial score (nSPS) is 16.5. The third kappa shape index (κ3) is 2.31. The van der Waals surface area contributed by atoms with Gasteiger partial charge in [-0.25, -0.2) is 0 Å². The van der Waals surface area contributed by atoms with Gasteiger partial charge in [0.15, 0.2) is 0 Å². The molecule has 1 fully saturated rings. The predicted molar refractivity (Wildman–Crippen MR) is 68.4 cm³/mol. The molecule has 17 heavy (non-hydrogen) atoms. The molecule has 1 aromatic rings. The Labute approximate surface area is 105 Å². The van der Waals surface area contributed by atoms with Crippen LogP contribution in [-0.2, 0) is 18.3 Å². The SMILES string of the molecule is Cn1nccc1CCNC(=O)C1(C(N)=S)CC1. The summed E-state index contributed by atoms with van der Waals surface area (Å²) in [4.78, 5) is 12.2. The first kappa shape index (κ1) is 12.0. The highest BCUT2D eigenvalue weighted by atomic mass is 32.1. The van der Waals surface area contributed by atoms with Crippen molar-refractivity contribution in [2.45, 2.75) is 19.3 Å². The second-order valence-corrected chi connectivity index (χ2v) is 4.84. The van der Waals surface area contributed by atoms with E-state index in [0.29, 0.717) is 11.5 Å². The highest BCUT2D eigenvalue weighted by molar-refractivity contribution is 7.80. The van der Waals surface area contributed by atoms with Gasteiger partial charge in [0.2, 0.25) is 5.91 Å². The molecule has 1 amide bonds. The van der Waals surface area contributed by atoms with Crippen molar-refractivity contribution in [1.82, 2.24) is 15.1 Å². The monoisotopic (exact) mass is 252 g/mol. The van der Waals surface area contributed by atoms with Gasteiger partial charge in [-0.15, -0.1) is 0 Å². The molecule has 0 aliphatic heterocycles. The Morgan fingerprint density at radius 2 is 2.41 bits per heavy atom. The Morgan fingerprint density at radius 3 is 2.88 bits per heavy atom. The lowest BCUT2D eigenvalue weighted by Gasteiger charge is -2.13. The quantitative estimate of drug-likeness (QED) is 0.731. The Hall–Kier alpha value is -1.43. The fourth-order valence-corrected chi connectivity index (χ4v) is 2.13. The average molecular weight is 252 g/mol. The zero-order valence-corrected chi connectivity index (χ0v) is 10.6. The molecule has 92 valence electrons. The van der Waals surface area contributed by atoms with E-state index in [1.807, 2.05) is 13.1 Å². The first-order valence-corrected chi connectivity index (χ1v) is 6.02. The standard InChI is InChI=1S/C11H16N4OS/c1-15-8(3-7-14-15)2-6-13-10(16)11(4-5-11)9(12)17/h3,7H,2,4-6H2,1H3,(H2,12,17)(H,13,16). The molecule has 1 heterocycles. The van der Waals surface area contributed by atoms with Gasteiger partial charge in [-0.05, 0) is 18.9 Å². The maximum absolute atomic E-state index is 11.9. The zero-order chi connectivity index (χ0) is 12.5. The molecule has 2 rings (SSSR count). The molecule has 5 nitrogen and oxygen atoms in total. The van der Waals surface area contributed by atoms with E-state index >= 15 is 0 Å². The maximum atomic E-state index is 11.9. The van der Waals surface area contributed by atoms with Crippen molar-refractivity contribution in [3.8, 4) is 0 Å². The second-order valence-electron chi connectivity index (χ2n) is 4.40. The number of hydrogen-bond acceptors (Lipinski definition) is 3. The molecule has 6 heteroatoms. The fraction of sp³-hybridized carbons (Fsp3) is 0.545. The van der Waals surface area contributed by atoms with Crippen molar-refractivity contribution in [2.75, 3.05) is 6.54 Å². The van der Waals surface area contributed by atoms with Gasteiger partial charge in [-0.1, -0.05) is 12.2 Å². The van der Waals surface area contributed by atoms with E-state index < -0.39 is 5.41 Å². The molecule has 0 radical (unpaired) electrons. The lowest BCUT2D eigenvalue weighted by molar-refractivity contribution is -0.123. The maximum Gasteiger partial charge on any atom is 0.233 e. The molecule has 0 spiro atoms.